The molecular weight excluding hydrogens is 388 g/mol. The van der Waals surface area contributed by atoms with Crippen molar-refractivity contribution in [1.29, 1.82) is 5.41 Å². The van der Waals surface area contributed by atoms with E-state index in [4.69, 9.17) is 5.41 Å². The van der Waals surface area contributed by atoms with E-state index in [2.05, 4.69) is 0 Å². The highest BCUT2D eigenvalue weighted by atomic mass is 19.4. The smallest absolute Gasteiger partial charge is 0.313 e. The summed E-state index contributed by atoms with van der Waals surface area (Å²) >= 11 is 0. The number of hydrogen-bond acceptors (Lipinski definition) is 2. The number of aromatic nitrogens is 2. The number of halogens is 6. The first kappa shape index (κ1) is 19.7. The maximum atomic E-state index is 13.0. The number of para-hydroxylation sites is 2. The second-order valence-corrected chi connectivity index (χ2v) is 6.18. The second kappa shape index (κ2) is 6.54. The molecule has 1 heterocycles. The lowest BCUT2D eigenvalue weighted by Crippen LogP contribution is -2.26. The molecule has 3 rings (SSSR count). The van der Waals surface area contributed by atoms with Crippen LogP contribution in [0, 0.1) is 5.41 Å². The Morgan fingerprint density at radius 2 is 1.43 bits per heavy atom. The molecule has 0 aliphatic carbocycles. The highest BCUT2D eigenvalue weighted by molar-refractivity contribution is 5.97. The molecule has 4 nitrogen and oxygen atoms in total. The molecule has 0 aliphatic rings. The van der Waals surface area contributed by atoms with Gasteiger partial charge in [-0.2, -0.15) is 26.3 Å². The number of carbonyl (C=O) groups is 1. The molecule has 28 heavy (non-hydrogen) atoms. The molecule has 3 aromatic rings. The third kappa shape index (κ3) is 3.54. The van der Waals surface area contributed by atoms with Crippen molar-refractivity contribution in [1.82, 2.24) is 9.13 Å². The van der Waals surface area contributed by atoms with Crippen molar-refractivity contribution in [3.8, 4) is 0 Å². The number of nitrogens with zero attached hydrogens (tertiary/aromatic N) is 2. The van der Waals surface area contributed by atoms with Gasteiger partial charge in [-0.25, -0.2) is 0 Å². The Hall–Kier alpha value is -3.04. The zero-order chi connectivity index (χ0) is 20.9. The summed E-state index contributed by atoms with van der Waals surface area (Å²) < 4.78 is 80.6. The van der Waals surface area contributed by atoms with Crippen molar-refractivity contribution in [2.45, 2.75) is 18.9 Å². The number of carbonyl (C=O) groups excluding carboxylic acids is 1. The Morgan fingerprint density at radius 3 is 1.93 bits per heavy atom. The zero-order valence-electron chi connectivity index (χ0n) is 14.3. The molecule has 0 radical (unpaired) electrons. The third-order valence-electron chi connectivity index (χ3n) is 4.32. The molecule has 0 fully saturated rings. The van der Waals surface area contributed by atoms with E-state index in [9.17, 15) is 31.1 Å². The maximum absolute atomic E-state index is 13.0. The summed E-state index contributed by atoms with van der Waals surface area (Å²) in [6, 6.07) is 7.40. The van der Waals surface area contributed by atoms with Crippen molar-refractivity contribution < 1.29 is 31.1 Å². The van der Waals surface area contributed by atoms with E-state index in [-0.39, 0.29) is 11.7 Å². The van der Waals surface area contributed by atoms with Crippen LogP contribution in [0.1, 0.15) is 21.5 Å². The van der Waals surface area contributed by atoms with Crippen LogP contribution in [-0.2, 0) is 25.9 Å². The number of fused-ring (bicyclic) bond motifs is 1. The van der Waals surface area contributed by atoms with E-state index >= 15 is 0 Å². The Bertz CT molecular complexity index is 1090. The van der Waals surface area contributed by atoms with Gasteiger partial charge in [0.15, 0.2) is 5.78 Å². The van der Waals surface area contributed by atoms with E-state index < -0.39 is 41.4 Å². The van der Waals surface area contributed by atoms with E-state index in [0.29, 0.717) is 23.2 Å². The first-order valence-electron chi connectivity index (χ1n) is 7.91. The van der Waals surface area contributed by atoms with Crippen molar-refractivity contribution in [3.05, 3.63) is 64.8 Å². The van der Waals surface area contributed by atoms with Crippen LogP contribution in [0.25, 0.3) is 11.0 Å². The number of hydrogen-bond donors (Lipinski definition) is 1. The predicted octanol–water partition coefficient (Wildman–Crippen LogP) is 4.38. The lowest BCUT2D eigenvalue weighted by molar-refractivity contribution is -0.143. The van der Waals surface area contributed by atoms with Crippen molar-refractivity contribution in [2.75, 3.05) is 0 Å². The molecule has 0 amide bonds. The molecule has 0 atom stereocenters. The van der Waals surface area contributed by atoms with Crippen LogP contribution in [-0.4, -0.2) is 14.9 Å². The summed E-state index contributed by atoms with van der Waals surface area (Å²) in [7, 11) is 1.57. The minimum Gasteiger partial charge on any atom is -0.313 e. The predicted molar refractivity (Wildman–Crippen MR) is 87.5 cm³/mol. The average Bonchev–Trinajstić information content (AvgIpc) is 2.85. The number of imidazole rings is 1. The number of Topliss-reactive ketones (excluding diaryl/α,β-unsaturated/α-hetero) is 1. The van der Waals surface area contributed by atoms with Gasteiger partial charge < -0.3 is 9.13 Å². The lowest BCUT2D eigenvalue weighted by Gasteiger charge is -2.14. The normalized spacial score (nSPS) is 12.5. The number of aryl methyl sites for hydroxylation is 1. The standard InChI is InChI=1S/C18H13F6N3O/c1-26-13-4-2-3-5-14(13)27(16(26)25)9-15(28)10-6-11(17(19,20)21)8-12(7-10)18(22,23)24/h2-8,25H,9H2,1H3. The van der Waals surface area contributed by atoms with Gasteiger partial charge in [-0.15, -0.1) is 0 Å². The van der Waals surface area contributed by atoms with Crippen LogP contribution >= 0.6 is 0 Å². The maximum Gasteiger partial charge on any atom is 0.416 e. The van der Waals surface area contributed by atoms with Gasteiger partial charge >= 0.3 is 12.4 Å². The summed E-state index contributed by atoms with van der Waals surface area (Å²) in [5.41, 5.74) is -2.88. The van der Waals surface area contributed by atoms with Gasteiger partial charge in [-0.3, -0.25) is 10.2 Å². The van der Waals surface area contributed by atoms with Crippen LogP contribution in [0.15, 0.2) is 42.5 Å². The fraction of sp³-hybridized carbons (Fsp3) is 0.222. The highest BCUT2D eigenvalue weighted by Gasteiger charge is 2.37. The number of nitrogens with one attached hydrogen (secondary N) is 1. The Kier molecular flexibility index (Phi) is 4.60. The van der Waals surface area contributed by atoms with Crippen LogP contribution in [0.4, 0.5) is 26.3 Å². The Labute approximate surface area is 154 Å². The second-order valence-electron chi connectivity index (χ2n) is 6.18. The largest absolute Gasteiger partial charge is 0.416 e. The first-order chi connectivity index (χ1) is 12.9. The van der Waals surface area contributed by atoms with Crippen molar-refractivity contribution in [2.24, 2.45) is 7.05 Å². The molecule has 148 valence electrons. The topological polar surface area (TPSA) is 50.8 Å². The Morgan fingerprint density at radius 1 is 0.929 bits per heavy atom. The monoisotopic (exact) mass is 401 g/mol. The molecule has 1 aromatic heterocycles. The SMILES string of the molecule is Cn1c(=N)n(CC(=O)c2cc(C(F)(F)F)cc(C(F)(F)F)c2)c2ccccc21. The number of ketones is 1. The molecular formula is C18H13F6N3O. The lowest BCUT2D eigenvalue weighted by atomic mass is 10.0. The summed E-state index contributed by atoms with van der Waals surface area (Å²) in [6.45, 7) is -0.571. The fourth-order valence-corrected chi connectivity index (χ4v) is 2.90. The minimum atomic E-state index is -5.04. The van der Waals surface area contributed by atoms with E-state index in [1.54, 1.807) is 31.3 Å². The van der Waals surface area contributed by atoms with Gasteiger partial charge in [0.05, 0.1) is 28.7 Å². The number of alkyl halides is 6. The van der Waals surface area contributed by atoms with Crippen molar-refractivity contribution >= 4 is 16.8 Å². The van der Waals surface area contributed by atoms with Gasteiger partial charge in [-0.05, 0) is 30.3 Å². The number of rotatable bonds is 3. The fourth-order valence-electron chi connectivity index (χ4n) is 2.90. The van der Waals surface area contributed by atoms with Gasteiger partial charge in [0, 0.05) is 12.6 Å². The first-order valence-corrected chi connectivity index (χ1v) is 7.91. The number of benzene rings is 2. The van der Waals surface area contributed by atoms with E-state index in [0.717, 1.165) is 0 Å². The van der Waals surface area contributed by atoms with Gasteiger partial charge in [-0.1, -0.05) is 12.1 Å². The molecule has 0 aliphatic heterocycles. The van der Waals surface area contributed by atoms with E-state index in [1.165, 1.54) is 9.13 Å². The van der Waals surface area contributed by atoms with Crippen LogP contribution in [0.5, 0.6) is 0 Å². The summed E-state index contributed by atoms with van der Waals surface area (Å²) in [5, 5.41) is 8.08. The molecule has 0 unspecified atom stereocenters. The van der Waals surface area contributed by atoms with Crippen LogP contribution in [0.2, 0.25) is 0 Å². The molecule has 1 N–H and O–H groups in total. The minimum absolute atomic E-state index is 0.0300. The molecule has 2 aromatic carbocycles. The summed E-state index contributed by atoms with van der Waals surface area (Å²) in [4.78, 5) is 12.5. The quantitative estimate of drug-likeness (QED) is 0.514. The van der Waals surface area contributed by atoms with E-state index in [1.807, 2.05) is 0 Å². The van der Waals surface area contributed by atoms with Crippen LogP contribution < -0.4 is 5.62 Å². The Balaban J connectivity index is 2.09. The molecule has 0 saturated carbocycles. The molecule has 0 saturated heterocycles. The molecule has 10 heteroatoms. The molecule has 0 spiro atoms. The summed E-state index contributed by atoms with van der Waals surface area (Å²) in [6.07, 6.45) is -10.1. The van der Waals surface area contributed by atoms with Gasteiger partial charge in [0.25, 0.3) is 0 Å². The molecule has 0 bridgehead atoms. The highest BCUT2D eigenvalue weighted by Crippen LogP contribution is 2.36. The summed E-state index contributed by atoms with van der Waals surface area (Å²) in [5.74, 6) is -0.966. The van der Waals surface area contributed by atoms with Gasteiger partial charge in [0.1, 0.15) is 0 Å². The third-order valence-corrected chi connectivity index (χ3v) is 4.32. The average molecular weight is 401 g/mol. The van der Waals surface area contributed by atoms with Crippen LogP contribution in [0.3, 0.4) is 0 Å². The van der Waals surface area contributed by atoms with Gasteiger partial charge in [0.2, 0.25) is 5.62 Å². The zero-order valence-corrected chi connectivity index (χ0v) is 14.3. The van der Waals surface area contributed by atoms with Crippen molar-refractivity contribution in [3.63, 3.8) is 0 Å².